The molecule has 18 heavy (non-hydrogen) atoms. The van der Waals surface area contributed by atoms with E-state index >= 15 is 0 Å². The molecule has 0 saturated carbocycles. The third-order valence-electron chi connectivity index (χ3n) is 1.98. The summed E-state index contributed by atoms with van der Waals surface area (Å²) in [6, 6.07) is 8.30. The van der Waals surface area contributed by atoms with Crippen molar-refractivity contribution in [2.24, 2.45) is 0 Å². The van der Waals surface area contributed by atoms with Crippen molar-refractivity contribution in [1.82, 2.24) is 5.32 Å². The number of carbonyl (C=O) groups is 3. The van der Waals surface area contributed by atoms with Crippen molar-refractivity contribution in [2.75, 3.05) is 6.54 Å². The van der Waals surface area contributed by atoms with Gasteiger partial charge in [0.15, 0.2) is 0 Å². The molecule has 2 N–H and O–H groups in total. The Morgan fingerprint density at radius 2 is 1.89 bits per heavy atom. The fourth-order valence-electron chi connectivity index (χ4n) is 1.08. The fourth-order valence-corrected chi connectivity index (χ4v) is 1.08. The van der Waals surface area contributed by atoms with Crippen LogP contribution < -0.4 is 5.32 Å². The smallest absolute Gasteiger partial charge is 0.342 e. The average molecular weight is 251 g/mol. The average Bonchev–Trinajstić information content (AvgIpc) is 2.36. The van der Waals surface area contributed by atoms with Gasteiger partial charge < -0.3 is 15.2 Å². The zero-order valence-electron chi connectivity index (χ0n) is 9.75. The summed E-state index contributed by atoms with van der Waals surface area (Å²) in [5.74, 6) is -2.42. The molecular weight excluding hydrogens is 238 g/mol. The minimum absolute atomic E-state index is 0.396. The second-order valence-electron chi connectivity index (χ2n) is 3.52. The lowest BCUT2D eigenvalue weighted by Crippen LogP contribution is -2.33. The van der Waals surface area contributed by atoms with Crippen molar-refractivity contribution < 1.29 is 24.2 Å². The molecule has 0 aliphatic rings. The highest BCUT2D eigenvalue weighted by Gasteiger charge is 2.16. The number of esters is 2. The molecule has 6 nitrogen and oxygen atoms in total. The van der Waals surface area contributed by atoms with E-state index in [9.17, 15) is 14.4 Å². The predicted molar refractivity (Wildman–Crippen MR) is 61.6 cm³/mol. The molecular formula is C12H13NO5. The van der Waals surface area contributed by atoms with E-state index in [1.165, 1.54) is 6.92 Å². The van der Waals surface area contributed by atoms with E-state index < -0.39 is 30.5 Å². The van der Waals surface area contributed by atoms with Gasteiger partial charge in [0.2, 0.25) is 0 Å². The van der Waals surface area contributed by atoms with Crippen molar-refractivity contribution in [2.45, 2.75) is 13.0 Å². The SMILES string of the molecule is CC(O)C(=O)OC(=O)CNC(=O)c1ccccc1. The molecule has 0 aliphatic heterocycles. The molecule has 0 aromatic heterocycles. The maximum atomic E-state index is 11.5. The van der Waals surface area contributed by atoms with Crippen LogP contribution in [0.25, 0.3) is 0 Å². The van der Waals surface area contributed by atoms with Gasteiger partial charge in [-0.2, -0.15) is 0 Å². The molecule has 1 amide bonds. The highest BCUT2D eigenvalue weighted by Crippen LogP contribution is 1.97. The number of rotatable bonds is 4. The van der Waals surface area contributed by atoms with Crippen LogP contribution in [0.3, 0.4) is 0 Å². The Bertz CT molecular complexity index is 441. The Kier molecular flexibility index (Phi) is 5.01. The lowest BCUT2D eigenvalue weighted by molar-refractivity contribution is -0.164. The number of carbonyl (C=O) groups excluding carboxylic acids is 3. The highest BCUT2D eigenvalue weighted by atomic mass is 16.6. The number of aliphatic hydroxyl groups is 1. The van der Waals surface area contributed by atoms with Gasteiger partial charge in [-0.15, -0.1) is 0 Å². The molecule has 0 radical (unpaired) electrons. The van der Waals surface area contributed by atoms with Crippen LogP contribution in [0, 0.1) is 0 Å². The van der Waals surface area contributed by atoms with Crippen molar-refractivity contribution in [1.29, 1.82) is 0 Å². The van der Waals surface area contributed by atoms with E-state index in [1.54, 1.807) is 30.3 Å². The number of ether oxygens (including phenoxy) is 1. The van der Waals surface area contributed by atoms with Crippen LogP contribution in [0.4, 0.5) is 0 Å². The number of benzene rings is 1. The van der Waals surface area contributed by atoms with Crippen LogP contribution in [-0.2, 0) is 14.3 Å². The number of aliphatic hydroxyl groups excluding tert-OH is 1. The van der Waals surface area contributed by atoms with Crippen LogP contribution in [0.15, 0.2) is 30.3 Å². The van der Waals surface area contributed by atoms with Gasteiger partial charge in [-0.05, 0) is 19.1 Å². The Labute approximate surface area is 104 Å². The normalized spacial score (nSPS) is 11.4. The Morgan fingerprint density at radius 1 is 1.28 bits per heavy atom. The first-order valence-electron chi connectivity index (χ1n) is 5.26. The van der Waals surface area contributed by atoms with Gasteiger partial charge in [0.05, 0.1) is 0 Å². The third-order valence-corrected chi connectivity index (χ3v) is 1.98. The molecule has 1 atom stereocenters. The van der Waals surface area contributed by atoms with E-state index in [0.29, 0.717) is 5.56 Å². The monoisotopic (exact) mass is 251 g/mol. The first-order chi connectivity index (χ1) is 8.50. The predicted octanol–water partition coefficient (Wildman–Crippen LogP) is -0.133. The van der Waals surface area contributed by atoms with Crippen molar-refractivity contribution >= 4 is 17.8 Å². The number of nitrogens with one attached hydrogen (secondary N) is 1. The number of amides is 1. The van der Waals surface area contributed by atoms with Crippen LogP contribution in [-0.4, -0.2) is 35.6 Å². The number of hydrogen-bond donors (Lipinski definition) is 2. The Hall–Kier alpha value is -2.21. The molecule has 6 heteroatoms. The largest absolute Gasteiger partial charge is 0.390 e. The summed E-state index contributed by atoms with van der Waals surface area (Å²) in [5, 5.41) is 11.1. The summed E-state index contributed by atoms with van der Waals surface area (Å²) in [5.41, 5.74) is 0.396. The van der Waals surface area contributed by atoms with Crippen LogP contribution in [0.5, 0.6) is 0 Å². The molecule has 0 bridgehead atoms. The molecule has 1 aromatic rings. The first-order valence-corrected chi connectivity index (χ1v) is 5.26. The Balaban J connectivity index is 2.40. The van der Waals surface area contributed by atoms with Gasteiger partial charge in [-0.25, -0.2) is 9.59 Å². The molecule has 0 aliphatic carbocycles. The highest BCUT2D eigenvalue weighted by molar-refractivity contribution is 5.97. The lowest BCUT2D eigenvalue weighted by atomic mass is 10.2. The third kappa shape index (κ3) is 4.34. The summed E-state index contributed by atoms with van der Waals surface area (Å²) in [7, 11) is 0. The van der Waals surface area contributed by atoms with E-state index in [0.717, 1.165) is 0 Å². The molecule has 0 heterocycles. The topological polar surface area (TPSA) is 92.7 Å². The first kappa shape index (κ1) is 13.9. The molecule has 96 valence electrons. The van der Waals surface area contributed by atoms with Gasteiger partial charge in [0.1, 0.15) is 12.6 Å². The molecule has 1 rings (SSSR count). The van der Waals surface area contributed by atoms with E-state index in [-0.39, 0.29) is 0 Å². The van der Waals surface area contributed by atoms with Crippen molar-refractivity contribution in [3.63, 3.8) is 0 Å². The van der Waals surface area contributed by atoms with E-state index in [1.807, 2.05) is 0 Å². The number of hydrogen-bond acceptors (Lipinski definition) is 5. The maximum Gasteiger partial charge on any atom is 0.342 e. The summed E-state index contributed by atoms with van der Waals surface area (Å²) in [6.45, 7) is 0.740. The van der Waals surface area contributed by atoms with Crippen molar-refractivity contribution in [3.05, 3.63) is 35.9 Å². The second kappa shape index (κ2) is 6.51. The molecule has 0 spiro atoms. The van der Waals surface area contributed by atoms with Crippen molar-refractivity contribution in [3.8, 4) is 0 Å². The summed E-state index contributed by atoms with van der Waals surface area (Å²) in [4.78, 5) is 33.5. The van der Waals surface area contributed by atoms with Crippen LogP contribution in [0.1, 0.15) is 17.3 Å². The van der Waals surface area contributed by atoms with E-state index in [2.05, 4.69) is 10.1 Å². The van der Waals surface area contributed by atoms with Gasteiger partial charge in [-0.1, -0.05) is 18.2 Å². The summed E-state index contributed by atoms with van der Waals surface area (Å²) < 4.78 is 4.26. The van der Waals surface area contributed by atoms with E-state index in [4.69, 9.17) is 5.11 Å². The van der Waals surface area contributed by atoms with Gasteiger partial charge >= 0.3 is 11.9 Å². The van der Waals surface area contributed by atoms with Gasteiger partial charge in [-0.3, -0.25) is 4.79 Å². The molecule has 0 fully saturated rings. The minimum Gasteiger partial charge on any atom is -0.390 e. The second-order valence-corrected chi connectivity index (χ2v) is 3.52. The van der Waals surface area contributed by atoms with Crippen LogP contribution in [0.2, 0.25) is 0 Å². The van der Waals surface area contributed by atoms with Gasteiger partial charge in [0.25, 0.3) is 5.91 Å². The molecule has 1 unspecified atom stereocenters. The zero-order valence-corrected chi connectivity index (χ0v) is 9.75. The molecule has 0 saturated heterocycles. The van der Waals surface area contributed by atoms with Crippen LogP contribution >= 0.6 is 0 Å². The fraction of sp³-hybridized carbons (Fsp3) is 0.250. The Morgan fingerprint density at radius 3 is 2.44 bits per heavy atom. The standard InChI is InChI=1S/C12H13NO5/c1-8(14)12(17)18-10(15)7-13-11(16)9-5-3-2-4-6-9/h2-6,8,14H,7H2,1H3,(H,13,16). The molecule has 1 aromatic carbocycles. The quantitative estimate of drug-likeness (QED) is 0.574. The minimum atomic E-state index is -1.38. The zero-order chi connectivity index (χ0) is 13.5. The maximum absolute atomic E-state index is 11.5. The van der Waals surface area contributed by atoms with Gasteiger partial charge in [0, 0.05) is 5.56 Å². The lowest BCUT2D eigenvalue weighted by Gasteiger charge is -2.06. The summed E-state index contributed by atoms with van der Waals surface area (Å²) in [6.07, 6.45) is -1.38. The summed E-state index contributed by atoms with van der Waals surface area (Å²) >= 11 is 0.